The van der Waals surface area contributed by atoms with Gasteiger partial charge in [-0.2, -0.15) is 0 Å². The number of esters is 2. The van der Waals surface area contributed by atoms with E-state index in [1.807, 2.05) is 33.3 Å². The molecule has 0 aliphatic rings. The average Bonchev–Trinajstić information content (AvgIpc) is 3.19. The van der Waals surface area contributed by atoms with Gasteiger partial charge in [-0.1, -0.05) is 142 Å². The highest BCUT2D eigenvalue weighted by Gasteiger charge is 2.25. The van der Waals surface area contributed by atoms with E-state index in [0.717, 1.165) is 89.9 Å². The number of allylic oxidation sites excluding steroid dienone is 18. The van der Waals surface area contributed by atoms with Crippen molar-refractivity contribution < 1.29 is 42.9 Å². The van der Waals surface area contributed by atoms with Crippen LogP contribution in [0.4, 0.5) is 0 Å². The zero-order chi connectivity index (χ0) is 43.5. The van der Waals surface area contributed by atoms with Crippen LogP contribution in [0.25, 0.3) is 0 Å². The van der Waals surface area contributed by atoms with Gasteiger partial charge in [-0.25, -0.2) is 4.79 Å². The van der Waals surface area contributed by atoms with Gasteiger partial charge in [0.15, 0.2) is 6.10 Å². The number of carboxylic acid groups (broad SMARTS) is 1. The van der Waals surface area contributed by atoms with Crippen molar-refractivity contribution in [3.8, 4) is 0 Å². The number of unbranched alkanes of at least 4 members (excludes halogenated alkanes) is 5. The van der Waals surface area contributed by atoms with Gasteiger partial charge < -0.3 is 28.5 Å². The van der Waals surface area contributed by atoms with Gasteiger partial charge in [0.2, 0.25) is 0 Å². The first-order valence-corrected chi connectivity index (χ1v) is 22.1. The van der Waals surface area contributed by atoms with Crippen LogP contribution >= 0.6 is 0 Å². The van der Waals surface area contributed by atoms with Crippen molar-refractivity contribution in [3.63, 3.8) is 0 Å². The van der Waals surface area contributed by atoms with Crippen LogP contribution in [0, 0.1) is 0 Å². The molecule has 2 atom stereocenters. The molecule has 9 nitrogen and oxygen atoms in total. The van der Waals surface area contributed by atoms with Crippen LogP contribution in [-0.2, 0) is 33.3 Å². The number of nitrogens with zero attached hydrogens (tertiary/aromatic N) is 1. The predicted octanol–water partition coefficient (Wildman–Crippen LogP) is 11.7. The molecule has 2 unspecified atom stereocenters. The monoisotopic (exact) mass is 823 g/mol. The molecule has 0 aromatic carbocycles. The third kappa shape index (κ3) is 41.9. The summed E-state index contributed by atoms with van der Waals surface area (Å²) in [5, 5.41) is 9.63. The van der Waals surface area contributed by atoms with Crippen LogP contribution in [0.1, 0.15) is 129 Å². The summed E-state index contributed by atoms with van der Waals surface area (Å²) in [5.41, 5.74) is 0. The quantitative estimate of drug-likeness (QED) is 0.0216. The zero-order valence-corrected chi connectivity index (χ0v) is 37.4. The number of carboxylic acids is 1. The minimum atomic E-state index is -1.54. The van der Waals surface area contributed by atoms with Gasteiger partial charge in [0.1, 0.15) is 13.2 Å². The first-order valence-electron chi connectivity index (χ1n) is 22.1. The van der Waals surface area contributed by atoms with E-state index < -0.39 is 30.3 Å². The fourth-order valence-corrected chi connectivity index (χ4v) is 5.17. The number of aliphatic carboxylic acids is 1. The van der Waals surface area contributed by atoms with Crippen molar-refractivity contribution >= 4 is 17.9 Å². The first kappa shape index (κ1) is 55.0. The molecule has 0 aliphatic carbocycles. The standard InChI is InChI=1S/C50H79NO8/c1-6-8-10-12-14-16-18-20-21-22-23-24-25-26-27-29-31-33-35-37-39-41-48(53)59-46(45-58-50(49(54)55)56-43-42-51(3,4)5)44-57-47(52)40-38-36-34-32-30-28-19-17-15-13-11-9-7-2/h8-11,14-17,20-21,23-24,26-28,30,34,36,46,50H,6-7,12-13,18-19,22,25,29,31-33,35,37-45H2,1-5H3/p+1/b10-8-,11-9-,16-14-,17-15-,21-20-,24-23-,27-26-,30-28-,36-34-. The molecule has 0 rings (SSSR count). The lowest BCUT2D eigenvalue weighted by Gasteiger charge is -2.25. The highest BCUT2D eigenvalue weighted by Crippen LogP contribution is 2.11. The van der Waals surface area contributed by atoms with Crippen molar-refractivity contribution in [1.82, 2.24) is 0 Å². The van der Waals surface area contributed by atoms with Gasteiger partial charge in [0.05, 0.1) is 34.4 Å². The maximum atomic E-state index is 12.8. The Bertz CT molecular complexity index is 1330. The maximum Gasteiger partial charge on any atom is 0.361 e. The van der Waals surface area contributed by atoms with Crippen LogP contribution < -0.4 is 0 Å². The molecule has 0 bridgehead atoms. The topological polar surface area (TPSA) is 108 Å². The predicted molar refractivity (Wildman–Crippen MR) is 244 cm³/mol. The minimum Gasteiger partial charge on any atom is -0.477 e. The van der Waals surface area contributed by atoms with Crippen molar-refractivity contribution in [2.24, 2.45) is 0 Å². The molecular formula is C50H80NO8+. The molecule has 0 saturated carbocycles. The Morgan fingerprint density at radius 3 is 1.42 bits per heavy atom. The number of rotatable bonds is 38. The number of quaternary nitrogens is 1. The number of carbonyl (C=O) groups excluding carboxylic acids is 2. The molecule has 0 aromatic heterocycles. The summed E-state index contributed by atoms with van der Waals surface area (Å²) < 4.78 is 22.6. The normalized spacial score (nSPS) is 14.0. The summed E-state index contributed by atoms with van der Waals surface area (Å²) in [7, 11) is 5.91. The molecule has 0 heterocycles. The molecule has 0 aromatic rings. The van der Waals surface area contributed by atoms with Gasteiger partial charge in [0, 0.05) is 12.8 Å². The Kier molecular flexibility index (Phi) is 37.9. The van der Waals surface area contributed by atoms with E-state index in [4.69, 9.17) is 18.9 Å². The third-order valence-corrected chi connectivity index (χ3v) is 8.54. The van der Waals surface area contributed by atoms with Crippen LogP contribution in [0.15, 0.2) is 109 Å². The summed E-state index contributed by atoms with van der Waals surface area (Å²) in [6.45, 7) is 4.49. The van der Waals surface area contributed by atoms with E-state index in [2.05, 4.69) is 111 Å². The summed E-state index contributed by atoms with van der Waals surface area (Å²) in [4.78, 5) is 37.0. The average molecular weight is 823 g/mol. The largest absolute Gasteiger partial charge is 0.477 e. The fraction of sp³-hybridized carbons (Fsp3) is 0.580. The summed E-state index contributed by atoms with van der Waals surface area (Å²) >= 11 is 0. The molecule has 0 radical (unpaired) electrons. The molecule has 332 valence electrons. The number of likely N-dealkylation sites (N-methyl/N-ethyl adjacent to an activating group) is 1. The highest BCUT2D eigenvalue weighted by atomic mass is 16.7. The Labute approximate surface area is 358 Å². The van der Waals surface area contributed by atoms with Crippen LogP contribution in [-0.4, -0.2) is 87.4 Å². The molecule has 0 spiro atoms. The van der Waals surface area contributed by atoms with Crippen molar-refractivity contribution in [2.45, 2.75) is 142 Å². The molecule has 1 N–H and O–H groups in total. The van der Waals surface area contributed by atoms with Gasteiger partial charge in [-0.15, -0.1) is 0 Å². The highest BCUT2D eigenvalue weighted by molar-refractivity contribution is 5.71. The van der Waals surface area contributed by atoms with Gasteiger partial charge in [0.25, 0.3) is 6.29 Å². The molecule has 59 heavy (non-hydrogen) atoms. The number of hydrogen-bond acceptors (Lipinski definition) is 7. The second kappa shape index (κ2) is 40.7. The lowest BCUT2D eigenvalue weighted by Crippen LogP contribution is -2.40. The van der Waals surface area contributed by atoms with E-state index in [9.17, 15) is 19.5 Å². The number of ether oxygens (including phenoxy) is 4. The second-order valence-corrected chi connectivity index (χ2v) is 15.2. The third-order valence-electron chi connectivity index (χ3n) is 8.54. The lowest BCUT2D eigenvalue weighted by molar-refractivity contribution is -0.870. The van der Waals surface area contributed by atoms with E-state index in [1.165, 1.54) is 0 Å². The fourth-order valence-electron chi connectivity index (χ4n) is 5.17. The van der Waals surface area contributed by atoms with Crippen molar-refractivity contribution in [2.75, 3.05) is 47.5 Å². The van der Waals surface area contributed by atoms with Gasteiger partial charge in [-0.3, -0.25) is 9.59 Å². The summed E-state index contributed by atoms with van der Waals surface area (Å²) in [6.07, 6.45) is 51.7. The Morgan fingerprint density at radius 2 is 0.949 bits per heavy atom. The molecule has 0 amide bonds. The van der Waals surface area contributed by atoms with Crippen LogP contribution in [0.3, 0.4) is 0 Å². The van der Waals surface area contributed by atoms with Crippen LogP contribution in [0.2, 0.25) is 0 Å². The molecule has 9 heteroatoms. The van der Waals surface area contributed by atoms with Crippen molar-refractivity contribution in [3.05, 3.63) is 109 Å². The maximum absolute atomic E-state index is 12.8. The molecule has 0 fully saturated rings. The SMILES string of the molecule is CC/C=C\C/C=C\C/C=C\C/C=C\C/C=C\CCCCCCCC(=O)OC(COC(=O)CC/C=C\C/C=C\C/C=C\C/C=C\CC)COC(OCC[N+](C)(C)C)C(=O)O. The Morgan fingerprint density at radius 1 is 0.508 bits per heavy atom. The minimum absolute atomic E-state index is 0.166. The van der Waals surface area contributed by atoms with Gasteiger partial charge in [-0.05, 0) is 83.5 Å². The first-order chi connectivity index (χ1) is 28.6. The molecular weight excluding hydrogens is 743 g/mol. The number of carbonyl (C=O) groups is 3. The Balaban J connectivity index is 4.57. The second-order valence-electron chi connectivity index (χ2n) is 15.2. The molecule has 0 saturated heterocycles. The van der Waals surface area contributed by atoms with Crippen LogP contribution in [0.5, 0.6) is 0 Å². The van der Waals surface area contributed by atoms with Gasteiger partial charge >= 0.3 is 17.9 Å². The van der Waals surface area contributed by atoms with E-state index in [0.29, 0.717) is 23.9 Å². The summed E-state index contributed by atoms with van der Waals surface area (Å²) in [6, 6.07) is 0. The van der Waals surface area contributed by atoms with E-state index >= 15 is 0 Å². The van der Waals surface area contributed by atoms with Crippen molar-refractivity contribution in [1.29, 1.82) is 0 Å². The Hall–Kier alpha value is -4.05. The summed E-state index contributed by atoms with van der Waals surface area (Å²) in [5.74, 6) is -2.16. The zero-order valence-electron chi connectivity index (χ0n) is 37.4. The van der Waals surface area contributed by atoms with E-state index in [1.54, 1.807) is 0 Å². The number of hydrogen-bond donors (Lipinski definition) is 1. The lowest BCUT2D eigenvalue weighted by atomic mass is 10.1. The molecule has 0 aliphatic heterocycles. The van der Waals surface area contributed by atoms with E-state index in [-0.39, 0.29) is 32.7 Å². The smallest absolute Gasteiger partial charge is 0.361 e.